The number of aliphatic hydroxyl groups excluding tert-OH is 1. The zero-order chi connectivity index (χ0) is 28.4. The van der Waals surface area contributed by atoms with Crippen LogP contribution in [0.4, 0.5) is 0 Å². The van der Waals surface area contributed by atoms with Crippen LogP contribution in [0.1, 0.15) is 130 Å². The normalized spacial score (nSPS) is 12.4. The molecule has 9 heteroatoms. The van der Waals surface area contributed by atoms with Gasteiger partial charge in [-0.3, -0.25) is 19.2 Å². The minimum Gasteiger partial charge on any atom is -0.466 e. The van der Waals surface area contributed by atoms with Crippen molar-refractivity contribution in [2.24, 2.45) is 0 Å². The second-order valence-electron chi connectivity index (χ2n) is 9.63. The van der Waals surface area contributed by atoms with E-state index in [1.807, 2.05) is 0 Å². The molecule has 0 spiro atoms. The van der Waals surface area contributed by atoms with Crippen molar-refractivity contribution in [1.82, 2.24) is 0 Å². The van der Waals surface area contributed by atoms with Gasteiger partial charge in [-0.2, -0.15) is 0 Å². The summed E-state index contributed by atoms with van der Waals surface area (Å²) in [7, 11) is 0. The van der Waals surface area contributed by atoms with E-state index in [0.29, 0.717) is 45.1 Å². The van der Waals surface area contributed by atoms with Crippen molar-refractivity contribution in [3.8, 4) is 0 Å². The smallest absolute Gasteiger partial charge is 0.305 e. The highest BCUT2D eigenvalue weighted by molar-refractivity contribution is 5.70. The van der Waals surface area contributed by atoms with Gasteiger partial charge >= 0.3 is 23.9 Å². The highest BCUT2D eigenvalue weighted by Crippen LogP contribution is 2.13. The molecule has 0 radical (unpaired) electrons. The van der Waals surface area contributed by atoms with Gasteiger partial charge in [-0.1, -0.05) is 72.1 Å². The van der Waals surface area contributed by atoms with Crippen LogP contribution in [0, 0.1) is 0 Å². The number of carbonyl (C=O) groups excluding carboxylic acids is 4. The average Bonchev–Trinajstić information content (AvgIpc) is 2.92. The summed E-state index contributed by atoms with van der Waals surface area (Å²) in [4.78, 5) is 45.9. The van der Waals surface area contributed by atoms with Crippen molar-refractivity contribution in [2.45, 2.75) is 142 Å². The van der Waals surface area contributed by atoms with Gasteiger partial charge in [-0.25, -0.2) is 0 Å². The van der Waals surface area contributed by atoms with Gasteiger partial charge in [-0.05, 0) is 32.1 Å². The molecule has 2 atom stereocenters. The number of rotatable bonds is 25. The number of esters is 4. The van der Waals surface area contributed by atoms with Crippen molar-refractivity contribution in [3.05, 3.63) is 0 Å². The molecule has 0 rings (SSSR count). The third-order valence-electron chi connectivity index (χ3n) is 6.13. The van der Waals surface area contributed by atoms with Crippen LogP contribution in [0.15, 0.2) is 0 Å². The lowest BCUT2D eigenvalue weighted by Gasteiger charge is -2.17. The first-order valence-electron chi connectivity index (χ1n) is 14.7. The first-order chi connectivity index (χ1) is 18.3. The third-order valence-corrected chi connectivity index (χ3v) is 6.13. The van der Waals surface area contributed by atoms with Gasteiger partial charge in [0.2, 0.25) is 0 Å². The molecule has 38 heavy (non-hydrogen) atoms. The Hall–Kier alpha value is -2.16. The minimum absolute atomic E-state index is 0.0652. The summed E-state index contributed by atoms with van der Waals surface area (Å²) in [6.45, 7) is 5.83. The fourth-order valence-electron chi connectivity index (χ4n) is 3.73. The topological polar surface area (TPSA) is 125 Å². The molecule has 0 fully saturated rings. The number of ether oxygens (including phenoxy) is 4. The quantitative estimate of drug-likeness (QED) is 0.0890. The highest BCUT2D eigenvalue weighted by atomic mass is 16.6. The molecule has 0 aliphatic carbocycles. The van der Waals surface area contributed by atoms with E-state index in [4.69, 9.17) is 18.9 Å². The molecule has 0 aromatic rings. The highest BCUT2D eigenvalue weighted by Gasteiger charge is 2.15. The summed E-state index contributed by atoms with van der Waals surface area (Å²) in [6.07, 6.45) is 12.1. The molecule has 0 bridgehead atoms. The lowest BCUT2D eigenvalue weighted by molar-refractivity contribution is -0.159. The van der Waals surface area contributed by atoms with Crippen molar-refractivity contribution in [3.63, 3.8) is 0 Å². The van der Waals surface area contributed by atoms with Gasteiger partial charge in [0.25, 0.3) is 0 Å². The SMILES string of the molecule is CCC(=O)OCC(O)CCCCCCCC(=O)OCCCCCCCCC(COC(=O)CC)OC(=O)CC. The maximum absolute atomic E-state index is 11.9. The van der Waals surface area contributed by atoms with Crippen molar-refractivity contribution in [1.29, 1.82) is 0 Å². The minimum atomic E-state index is -0.603. The number of aliphatic hydroxyl groups is 1. The fraction of sp³-hybridized carbons (Fsp3) is 0.862. The Morgan fingerprint density at radius 1 is 0.553 bits per heavy atom. The van der Waals surface area contributed by atoms with Crippen molar-refractivity contribution >= 4 is 23.9 Å². The molecule has 0 aliphatic heterocycles. The Bertz CT molecular complexity index is 636. The Labute approximate surface area is 229 Å². The van der Waals surface area contributed by atoms with Crippen LogP contribution in [0.25, 0.3) is 0 Å². The molecule has 1 N–H and O–H groups in total. The summed E-state index contributed by atoms with van der Waals surface area (Å²) >= 11 is 0. The molecule has 0 aromatic carbocycles. The van der Waals surface area contributed by atoms with Crippen LogP contribution in [-0.2, 0) is 38.1 Å². The van der Waals surface area contributed by atoms with E-state index in [9.17, 15) is 24.3 Å². The monoisotopic (exact) mass is 544 g/mol. The van der Waals surface area contributed by atoms with E-state index in [2.05, 4.69) is 0 Å². The maximum Gasteiger partial charge on any atom is 0.305 e. The van der Waals surface area contributed by atoms with Gasteiger partial charge in [0, 0.05) is 25.7 Å². The van der Waals surface area contributed by atoms with Crippen LogP contribution in [0.2, 0.25) is 0 Å². The lowest BCUT2D eigenvalue weighted by atomic mass is 10.1. The van der Waals surface area contributed by atoms with Crippen LogP contribution in [-0.4, -0.2) is 61.0 Å². The summed E-state index contributed by atoms with van der Waals surface area (Å²) in [5, 5.41) is 9.77. The Morgan fingerprint density at radius 2 is 1.05 bits per heavy atom. The molecule has 9 nitrogen and oxygen atoms in total. The molecular weight excluding hydrogens is 492 g/mol. The first kappa shape index (κ1) is 35.8. The van der Waals surface area contributed by atoms with E-state index < -0.39 is 6.10 Å². The Kier molecular flexibility index (Phi) is 23.7. The third kappa shape index (κ3) is 23.0. The van der Waals surface area contributed by atoms with Gasteiger partial charge in [0.1, 0.15) is 19.3 Å². The molecule has 0 saturated carbocycles. The first-order valence-corrected chi connectivity index (χ1v) is 14.7. The summed E-state index contributed by atoms with van der Waals surface area (Å²) in [5.74, 6) is -1.01. The average molecular weight is 545 g/mol. The second-order valence-corrected chi connectivity index (χ2v) is 9.63. The van der Waals surface area contributed by atoms with Gasteiger partial charge in [-0.15, -0.1) is 0 Å². The van der Waals surface area contributed by atoms with E-state index >= 15 is 0 Å². The van der Waals surface area contributed by atoms with Crippen LogP contribution in [0.5, 0.6) is 0 Å². The number of unbranched alkanes of at least 4 members (excludes halogenated alkanes) is 9. The molecule has 0 heterocycles. The largest absolute Gasteiger partial charge is 0.466 e. The predicted octanol–water partition coefficient (Wildman–Crippen LogP) is 5.58. The Morgan fingerprint density at radius 3 is 1.66 bits per heavy atom. The summed E-state index contributed by atoms with van der Waals surface area (Å²) in [6, 6.07) is 0. The molecule has 0 saturated heterocycles. The maximum atomic E-state index is 11.9. The molecule has 222 valence electrons. The Balaban J connectivity index is 3.61. The van der Waals surface area contributed by atoms with Gasteiger partial charge < -0.3 is 24.1 Å². The van der Waals surface area contributed by atoms with Gasteiger partial charge in [0.15, 0.2) is 0 Å². The number of hydrogen-bond acceptors (Lipinski definition) is 9. The van der Waals surface area contributed by atoms with E-state index in [1.54, 1.807) is 20.8 Å². The standard InChI is InChI=1S/C29H52O9/c1-4-26(31)36-22-24(30)18-14-10-9-12-16-20-29(34)35-21-17-13-8-7-11-15-19-25(38-28(33)6-3)23-37-27(32)5-2/h24-25,30H,4-23H2,1-3H3. The fourth-order valence-corrected chi connectivity index (χ4v) is 3.73. The predicted molar refractivity (Wildman–Crippen MR) is 144 cm³/mol. The molecule has 0 aliphatic rings. The molecule has 0 amide bonds. The van der Waals surface area contributed by atoms with Gasteiger partial charge in [0.05, 0.1) is 12.7 Å². The van der Waals surface area contributed by atoms with E-state index in [0.717, 1.165) is 70.6 Å². The number of hydrogen-bond donors (Lipinski definition) is 1. The van der Waals surface area contributed by atoms with E-state index in [1.165, 1.54) is 0 Å². The second kappa shape index (κ2) is 25.1. The van der Waals surface area contributed by atoms with Crippen molar-refractivity contribution < 1.29 is 43.2 Å². The molecule has 0 aromatic heterocycles. The van der Waals surface area contributed by atoms with Crippen LogP contribution in [0.3, 0.4) is 0 Å². The molecule has 2 unspecified atom stereocenters. The number of carbonyl (C=O) groups is 4. The van der Waals surface area contributed by atoms with E-state index in [-0.39, 0.29) is 43.2 Å². The van der Waals surface area contributed by atoms with Crippen LogP contribution < -0.4 is 0 Å². The zero-order valence-electron chi connectivity index (χ0n) is 24.0. The van der Waals surface area contributed by atoms with Crippen LogP contribution >= 0.6 is 0 Å². The summed E-state index contributed by atoms with van der Waals surface area (Å²) < 4.78 is 20.7. The lowest BCUT2D eigenvalue weighted by Crippen LogP contribution is -2.25. The summed E-state index contributed by atoms with van der Waals surface area (Å²) in [5.41, 5.74) is 0. The zero-order valence-corrected chi connectivity index (χ0v) is 24.0. The molecular formula is C29H52O9. The van der Waals surface area contributed by atoms with Crippen molar-refractivity contribution in [2.75, 3.05) is 19.8 Å².